The van der Waals surface area contributed by atoms with Crippen molar-refractivity contribution in [3.8, 4) is 0 Å². The minimum absolute atomic E-state index is 0.227. The third-order valence-electron chi connectivity index (χ3n) is 3.21. The highest BCUT2D eigenvalue weighted by Crippen LogP contribution is 2.24. The fourth-order valence-corrected chi connectivity index (χ4v) is 2.18. The zero-order valence-corrected chi connectivity index (χ0v) is 12.1. The molecule has 0 fully saturated rings. The molecule has 0 spiro atoms. The van der Waals surface area contributed by atoms with Crippen molar-refractivity contribution in [2.24, 2.45) is 0 Å². The van der Waals surface area contributed by atoms with Gasteiger partial charge in [-0.2, -0.15) is 5.10 Å². The number of nitrogen functional groups attached to an aromatic ring is 1. The maximum Gasteiger partial charge on any atom is 0.276 e. The van der Waals surface area contributed by atoms with Crippen molar-refractivity contribution in [2.45, 2.75) is 33.2 Å². The van der Waals surface area contributed by atoms with Crippen LogP contribution in [-0.2, 0) is 6.54 Å². The summed E-state index contributed by atoms with van der Waals surface area (Å²) in [4.78, 5) is 12.4. The molecule has 0 saturated heterocycles. The Hall–Kier alpha value is -2.30. The number of aromatic nitrogens is 2. The molecule has 0 aliphatic carbocycles. The first-order valence-electron chi connectivity index (χ1n) is 6.76. The predicted molar refractivity (Wildman–Crippen MR) is 80.8 cm³/mol. The lowest BCUT2D eigenvalue weighted by Crippen LogP contribution is -2.19. The van der Waals surface area contributed by atoms with E-state index in [1.165, 1.54) is 6.20 Å². The summed E-state index contributed by atoms with van der Waals surface area (Å²) in [5, 5.41) is 7.02. The smallest absolute Gasteiger partial charge is 0.276 e. The number of anilines is 2. The second-order valence-electron chi connectivity index (χ2n) is 4.96. The van der Waals surface area contributed by atoms with E-state index in [0.717, 1.165) is 11.3 Å². The molecule has 106 valence electrons. The number of benzene rings is 1. The molecular formula is C15H20N4O. The van der Waals surface area contributed by atoms with Gasteiger partial charge in [-0.15, -0.1) is 0 Å². The highest BCUT2D eigenvalue weighted by atomic mass is 16.2. The summed E-state index contributed by atoms with van der Waals surface area (Å²) < 4.78 is 1.60. The Labute approximate surface area is 118 Å². The van der Waals surface area contributed by atoms with Crippen molar-refractivity contribution in [1.82, 2.24) is 9.78 Å². The molecule has 1 amide bonds. The van der Waals surface area contributed by atoms with Gasteiger partial charge in [0, 0.05) is 12.2 Å². The van der Waals surface area contributed by atoms with E-state index in [-0.39, 0.29) is 5.91 Å². The lowest BCUT2D eigenvalue weighted by molar-refractivity contribution is 0.101. The number of carbonyl (C=O) groups excluding carboxylic acids is 1. The van der Waals surface area contributed by atoms with E-state index in [0.29, 0.717) is 23.8 Å². The Bertz CT molecular complexity index is 616. The highest BCUT2D eigenvalue weighted by molar-refractivity contribution is 6.06. The Morgan fingerprint density at radius 3 is 2.75 bits per heavy atom. The van der Waals surface area contributed by atoms with Gasteiger partial charge < -0.3 is 11.1 Å². The van der Waals surface area contributed by atoms with Gasteiger partial charge in [0.05, 0.1) is 11.9 Å². The molecule has 0 unspecified atom stereocenters. The monoisotopic (exact) mass is 272 g/mol. The number of rotatable bonds is 4. The number of nitrogens with two attached hydrogens (primary N) is 1. The molecular weight excluding hydrogens is 252 g/mol. The van der Waals surface area contributed by atoms with E-state index in [1.54, 1.807) is 4.68 Å². The molecule has 0 radical (unpaired) electrons. The van der Waals surface area contributed by atoms with Crippen LogP contribution in [0.15, 0.2) is 30.5 Å². The third-order valence-corrected chi connectivity index (χ3v) is 3.21. The average molecular weight is 272 g/mol. The lowest BCUT2D eigenvalue weighted by atomic mass is 10.0. The highest BCUT2D eigenvalue weighted by Gasteiger charge is 2.17. The summed E-state index contributed by atoms with van der Waals surface area (Å²) in [7, 11) is 0. The van der Waals surface area contributed by atoms with Crippen LogP contribution in [0.25, 0.3) is 0 Å². The molecule has 0 bridgehead atoms. The number of hydrogen-bond acceptors (Lipinski definition) is 3. The molecule has 1 heterocycles. The molecule has 0 aliphatic rings. The molecule has 5 nitrogen and oxygen atoms in total. The van der Waals surface area contributed by atoms with E-state index >= 15 is 0 Å². The van der Waals surface area contributed by atoms with Crippen LogP contribution in [0.4, 0.5) is 11.4 Å². The van der Waals surface area contributed by atoms with E-state index in [4.69, 9.17) is 5.73 Å². The second kappa shape index (κ2) is 5.77. The zero-order valence-electron chi connectivity index (χ0n) is 12.1. The molecule has 1 aromatic carbocycles. The fraction of sp³-hybridized carbons (Fsp3) is 0.333. The van der Waals surface area contributed by atoms with Crippen LogP contribution in [0.2, 0.25) is 0 Å². The first-order valence-corrected chi connectivity index (χ1v) is 6.76. The first-order chi connectivity index (χ1) is 9.54. The van der Waals surface area contributed by atoms with Crippen molar-refractivity contribution < 1.29 is 4.79 Å². The zero-order chi connectivity index (χ0) is 14.7. The molecule has 0 aliphatic heterocycles. The largest absolute Gasteiger partial charge is 0.396 e. The van der Waals surface area contributed by atoms with Crippen molar-refractivity contribution in [2.75, 3.05) is 11.1 Å². The van der Waals surface area contributed by atoms with Crippen LogP contribution in [0.1, 0.15) is 42.7 Å². The van der Waals surface area contributed by atoms with Crippen LogP contribution in [0.5, 0.6) is 0 Å². The van der Waals surface area contributed by atoms with Crippen LogP contribution in [-0.4, -0.2) is 15.7 Å². The Morgan fingerprint density at radius 2 is 2.10 bits per heavy atom. The number of hydrogen-bond donors (Lipinski definition) is 2. The van der Waals surface area contributed by atoms with E-state index < -0.39 is 0 Å². The van der Waals surface area contributed by atoms with Gasteiger partial charge in [-0.05, 0) is 24.5 Å². The molecule has 20 heavy (non-hydrogen) atoms. The van der Waals surface area contributed by atoms with Gasteiger partial charge in [-0.3, -0.25) is 9.48 Å². The topological polar surface area (TPSA) is 72.9 Å². The van der Waals surface area contributed by atoms with Gasteiger partial charge in [-0.1, -0.05) is 32.0 Å². The van der Waals surface area contributed by atoms with Gasteiger partial charge >= 0.3 is 0 Å². The minimum atomic E-state index is -0.227. The van der Waals surface area contributed by atoms with Crippen LogP contribution in [0, 0.1) is 0 Å². The van der Waals surface area contributed by atoms with Gasteiger partial charge in [0.25, 0.3) is 5.91 Å². The normalized spacial score (nSPS) is 10.8. The summed E-state index contributed by atoms with van der Waals surface area (Å²) in [6.07, 6.45) is 1.51. The molecule has 5 heteroatoms. The number of para-hydroxylation sites is 1. The quantitative estimate of drug-likeness (QED) is 0.898. The number of carbonyl (C=O) groups is 1. The maximum atomic E-state index is 12.4. The molecule has 0 saturated carbocycles. The third kappa shape index (κ3) is 2.66. The van der Waals surface area contributed by atoms with Crippen LogP contribution < -0.4 is 11.1 Å². The van der Waals surface area contributed by atoms with Crippen molar-refractivity contribution in [3.05, 3.63) is 41.7 Å². The molecule has 1 aromatic heterocycles. The molecule has 2 aromatic rings. The van der Waals surface area contributed by atoms with Crippen LogP contribution >= 0.6 is 0 Å². The molecule has 2 rings (SSSR count). The van der Waals surface area contributed by atoms with Gasteiger partial charge in [-0.25, -0.2) is 0 Å². The fourth-order valence-electron chi connectivity index (χ4n) is 2.18. The Balaban J connectivity index is 2.31. The Morgan fingerprint density at radius 1 is 1.40 bits per heavy atom. The number of aryl methyl sites for hydroxylation is 1. The SMILES string of the molecule is CCn1ncc(N)c1C(=O)Nc1ccccc1C(C)C. The standard InChI is InChI=1S/C15H20N4O/c1-4-19-14(12(16)9-17-19)15(20)18-13-8-6-5-7-11(13)10(2)3/h5-10H,4,16H2,1-3H3,(H,18,20). The van der Waals surface area contributed by atoms with Gasteiger partial charge in [0.15, 0.2) is 0 Å². The molecule has 3 N–H and O–H groups in total. The van der Waals surface area contributed by atoms with Crippen molar-refractivity contribution in [3.63, 3.8) is 0 Å². The lowest BCUT2D eigenvalue weighted by Gasteiger charge is -2.14. The first kappa shape index (κ1) is 14.1. The summed E-state index contributed by atoms with van der Waals surface area (Å²) in [6, 6.07) is 7.79. The summed E-state index contributed by atoms with van der Waals surface area (Å²) in [5.74, 6) is 0.106. The van der Waals surface area contributed by atoms with E-state index in [1.807, 2.05) is 31.2 Å². The molecule has 0 atom stereocenters. The van der Waals surface area contributed by atoms with E-state index in [9.17, 15) is 4.79 Å². The van der Waals surface area contributed by atoms with Gasteiger partial charge in [0.1, 0.15) is 5.69 Å². The van der Waals surface area contributed by atoms with E-state index in [2.05, 4.69) is 24.3 Å². The summed E-state index contributed by atoms with van der Waals surface area (Å²) >= 11 is 0. The minimum Gasteiger partial charge on any atom is -0.396 e. The summed E-state index contributed by atoms with van der Waals surface area (Å²) in [5.41, 5.74) is 8.54. The van der Waals surface area contributed by atoms with Crippen molar-refractivity contribution in [1.29, 1.82) is 0 Å². The summed E-state index contributed by atoms with van der Waals surface area (Å²) in [6.45, 7) is 6.71. The average Bonchev–Trinajstić information content (AvgIpc) is 2.80. The maximum absolute atomic E-state index is 12.4. The predicted octanol–water partition coefficient (Wildman–Crippen LogP) is 2.86. The number of nitrogens with zero attached hydrogens (tertiary/aromatic N) is 2. The number of nitrogens with one attached hydrogen (secondary N) is 1. The van der Waals surface area contributed by atoms with Gasteiger partial charge in [0.2, 0.25) is 0 Å². The second-order valence-corrected chi connectivity index (χ2v) is 4.96. The Kier molecular flexibility index (Phi) is 4.08. The van der Waals surface area contributed by atoms with Crippen LogP contribution in [0.3, 0.4) is 0 Å². The van der Waals surface area contributed by atoms with Crippen molar-refractivity contribution >= 4 is 17.3 Å². The number of amides is 1.